The minimum absolute atomic E-state index is 0.123. The molecule has 0 aromatic rings. The summed E-state index contributed by atoms with van der Waals surface area (Å²) in [6.07, 6.45) is 4.35. The van der Waals surface area contributed by atoms with Crippen molar-refractivity contribution in [3.8, 4) is 0 Å². The summed E-state index contributed by atoms with van der Waals surface area (Å²) in [7, 11) is 0. The van der Waals surface area contributed by atoms with Crippen molar-refractivity contribution in [3.05, 3.63) is 12.2 Å². The van der Waals surface area contributed by atoms with Crippen LogP contribution >= 0.6 is 11.8 Å². The molecular formula is C26H46N2O6S. The van der Waals surface area contributed by atoms with Gasteiger partial charge in [-0.3, -0.25) is 4.79 Å². The molecule has 1 amide bonds. The zero-order chi connectivity index (χ0) is 25.5. The number of fused-ring (bicyclic) bond motifs is 3. The molecule has 4 aliphatic rings. The van der Waals surface area contributed by atoms with E-state index in [-0.39, 0.29) is 17.9 Å². The smallest absolute Gasteiger partial charge is 0.240 e. The van der Waals surface area contributed by atoms with Crippen molar-refractivity contribution in [1.29, 1.82) is 0 Å². The van der Waals surface area contributed by atoms with Crippen LogP contribution in [0, 0.1) is 17.8 Å². The van der Waals surface area contributed by atoms with Crippen LogP contribution in [0.25, 0.3) is 0 Å². The summed E-state index contributed by atoms with van der Waals surface area (Å²) in [5, 5.41) is 38.0. The molecule has 0 saturated carbocycles. The third kappa shape index (κ3) is 7.66. The Balaban J connectivity index is 0.000000795. The summed E-state index contributed by atoms with van der Waals surface area (Å²) < 4.78 is 12.1. The van der Waals surface area contributed by atoms with Crippen LogP contribution < -0.4 is 10.6 Å². The molecule has 0 aromatic carbocycles. The SMILES string of the molecule is CC(C)C.CC1/C=C\CCCSC2OC(C(O)C(O)C2O)C1NC(=O)C1NCC2CCCCOC21. The van der Waals surface area contributed by atoms with Crippen LogP contribution in [0.4, 0.5) is 0 Å². The predicted molar refractivity (Wildman–Crippen MR) is 138 cm³/mol. The second kappa shape index (κ2) is 13.7. The highest BCUT2D eigenvalue weighted by Gasteiger charge is 2.49. The summed E-state index contributed by atoms with van der Waals surface area (Å²) in [5.74, 6) is 1.65. The molecule has 0 radical (unpaired) electrons. The molecule has 2 bridgehead atoms. The van der Waals surface area contributed by atoms with E-state index in [4.69, 9.17) is 9.47 Å². The van der Waals surface area contributed by atoms with Crippen molar-refractivity contribution in [2.45, 2.75) is 108 Å². The van der Waals surface area contributed by atoms with Crippen molar-refractivity contribution in [3.63, 3.8) is 0 Å². The van der Waals surface area contributed by atoms with E-state index in [9.17, 15) is 20.1 Å². The lowest BCUT2D eigenvalue weighted by atomic mass is 9.87. The first-order valence-electron chi connectivity index (χ1n) is 13.3. The second-order valence-electron chi connectivity index (χ2n) is 11.0. The maximum Gasteiger partial charge on any atom is 0.240 e. The number of hydrogen-bond acceptors (Lipinski definition) is 8. The van der Waals surface area contributed by atoms with Crippen molar-refractivity contribution in [2.24, 2.45) is 17.8 Å². The fourth-order valence-electron chi connectivity index (χ4n) is 5.16. The van der Waals surface area contributed by atoms with Gasteiger partial charge in [0.1, 0.15) is 35.9 Å². The lowest BCUT2D eigenvalue weighted by molar-refractivity contribution is -0.207. The Morgan fingerprint density at radius 1 is 1.09 bits per heavy atom. The molecule has 5 N–H and O–H groups in total. The van der Waals surface area contributed by atoms with Gasteiger partial charge >= 0.3 is 0 Å². The standard InChI is InChI=1S/C22H36N2O6S.C4H10/c1-12-7-3-2-6-10-31-22-18(27)16(25)17(26)20(30-22)14(12)24-21(28)15-19-13(11-23-15)8-4-5-9-29-19;1-4(2)3/h3,7,12-20,22-23,25-27H,2,4-6,8-11H2,1H3,(H,24,28);4H,1-3H3/b7-3-;. The van der Waals surface area contributed by atoms with Gasteiger partial charge in [0.15, 0.2) is 0 Å². The zero-order valence-corrected chi connectivity index (χ0v) is 22.5. The van der Waals surface area contributed by atoms with E-state index >= 15 is 0 Å². The van der Waals surface area contributed by atoms with E-state index in [1.807, 2.05) is 13.0 Å². The Bertz CT molecular complexity index is 692. The van der Waals surface area contributed by atoms with Crippen LogP contribution in [0.2, 0.25) is 0 Å². The van der Waals surface area contributed by atoms with Gasteiger partial charge < -0.3 is 35.4 Å². The largest absolute Gasteiger partial charge is 0.388 e. The van der Waals surface area contributed by atoms with Gasteiger partial charge in [-0.05, 0) is 49.2 Å². The topological polar surface area (TPSA) is 120 Å². The number of ether oxygens (including phenoxy) is 2. The van der Waals surface area contributed by atoms with Gasteiger partial charge in [-0.15, -0.1) is 11.8 Å². The number of amides is 1. The monoisotopic (exact) mass is 514 g/mol. The highest BCUT2D eigenvalue weighted by Crippen LogP contribution is 2.33. The third-order valence-electron chi connectivity index (χ3n) is 7.03. The predicted octanol–water partition coefficient (Wildman–Crippen LogP) is 1.82. The number of aliphatic hydroxyl groups is 3. The van der Waals surface area contributed by atoms with Crippen molar-refractivity contribution < 1.29 is 29.6 Å². The first kappa shape index (κ1) is 28.9. The third-order valence-corrected chi connectivity index (χ3v) is 8.27. The molecule has 3 saturated heterocycles. The summed E-state index contributed by atoms with van der Waals surface area (Å²) in [4.78, 5) is 13.3. The van der Waals surface area contributed by atoms with Gasteiger partial charge in [0, 0.05) is 13.2 Å². The molecule has 8 nitrogen and oxygen atoms in total. The molecule has 0 aromatic heterocycles. The van der Waals surface area contributed by atoms with Crippen LogP contribution in [0.1, 0.15) is 59.8 Å². The van der Waals surface area contributed by atoms with Gasteiger partial charge in [0.05, 0.1) is 12.1 Å². The molecule has 4 rings (SSSR count). The molecule has 202 valence electrons. The fourth-order valence-corrected chi connectivity index (χ4v) is 6.29. The van der Waals surface area contributed by atoms with Crippen LogP contribution in [-0.2, 0) is 14.3 Å². The average Bonchev–Trinajstić information content (AvgIpc) is 3.05. The van der Waals surface area contributed by atoms with Crippen LogP contribution in [-0.4, -0.2) is 88.2 Å². The van der Waals surface area contributed by atoms with Gasteiger partial charge in [-0.2, -0.15) is 0 Å². The zero-order valence-electron chi connectivity index (χ0n) is 21.6. The summed E-state index contributed by atoms with van der Waals surface area (Å²) in [5.41, 5.74) is -0.646. The van der Waals surface area contributed by atoms with Gasteiger partial charge in [-0.1, -0.05) is 46.3 Å². The molecule has 0 spiro atoms. The Morgan fingerprint density at radius 3 is 2.57 bits per heavy atom. The normalized spacial score (nSPS) is 43.1. The van der Waals surface area contributed by atoms with Gasteiger partial charge in [0.25, 0.3) is 0 Å². The lowest BCUT2D eigenvalue weighted by Crippen LogP contribution is -2.65. The molecule has 0 aliphatic carbocycles. The quantitative estimate of drug-likeness (QED) is 0.354. The van der Waals surface area contributed by atoms with E-state index in [0.717, 1.165) is 50.3 Å². The molecular weight excluding hydrogens is 468 g/mol. The lowest BCUT2D eigenvalue weighted by Gasteiger charge is -2.44. The van der Waals surface area contributed by atoms with Gasteiger partial charge in [-0.25, -0.2) is 0 Å². The number of nitrogens with one attached hydrogen (secondary N) is 2. The van der Waals surface area contributed by atoms with E-state index in [1.165, 1.54) is 11.8 Å². The second-order valence-corrected chi connectivity index (χ2v) is 12.2. The first-order chi connectivity index (χ1) is 16.7. The minimum Gasteiger partial charge on any atom is -0.388 e. The molecule has 35 heavy (non-hydrogen) atoms. The summed E-state index contributed by atoms with van der Waals surface area (Å²) >= 11 is 1.44. The Hall–Kier alpha value is -0.680. The average molecular weight is 515 g/mol. The number of rotatable bonds is 2. The number of carbonyl (C=O) groups is 1. The molecule has 4 aliphatic heterocycles. The minimum atomic E-state index is -1.33. The Morgan fingerprint density at radius 2 is 1.83 bits per heavy atom. The number of carbonyl (C=O) groups excluding carboxylic acids is 1. The highest BCUT2D eigenvalue weighted by atomic mass is 32.2. The fraction of sp³-hybridized carbons (Fsp3) is 0.885. The maximum atomic E-state index is 13.3. The van der Waals surface area contributed by atoms with Crippen LogP contribution in [0.3, 0.4) is 0 Å². The van der Waals surface area contributed by atoms with E-state index < -0.39 is 41.9 Å². The Kier molecular flexibility index (Phi) is 11.3. The van der Waals surface area contributed by atoms with E-state index in [2.05, 4.69) is 37.5 Å². The number of hydrogen-bond donors (Lipinski definition) is 5. The molecule has 3 fully saturated rings. The van der Waals surface area contributed by atoms with Crippen LogP contribution in [0.5, 0.6) is 0 Å². The molecule has 10 unspecified atom stereocenters. The van der Waals surface area contributed by atoms with E-state index in [0.29, 0.717) is 12.5 Å². The molecule has 4 heterocycles. The van der Waals surface area contributed by atoms with Gasteiger partial charge in [0.2, 0.25) is 5.91 Å². The molecule has 10 atom stereocenters. The van der Waals surface area contributed by atoms with Crippen LogP contribution in [0.15, 0.2) is 12.2 Å². The number of allylic oxidation sites excluding steroid dienone is 1. The first-order valence-corrected chi connectivity index (χ1v) is 14.4. The van der Waals surface area contributed by atoms with Crippen molar-refractivity contribution >= 4 is 17.7 Å². The molecule has 9 heteroatoms. The Labute approximate surface area is 214 Å². The van der Waals surface area contributed by atoms with E-state index in [1.54, 1.807) is 0 Å². The van der Waals surface area contributed by atoms with Crippen molar-refractivity contribution in [2.75, 3.05) is 18.9 Å². The summed E-state index contributed by atoms with van der Waals surface area (Å²) in [6, 6.07) is -0.993. The number of aliphatic hydroxyl groups excluding tert-OH is 3. The highest BCUT2D eigenvalue weighted by molar-refractivity contribution is 7.99. The maximum absolute atomic E-state index is 13.3. The number of thioether (sulfide) groups is 1. The summed E-state index contributed by atoms with van der Waals surface area (Å²) in [6.45, 7) is 9.90. The van der Waals surface area contributed by atoms with Crippen molar-refractivity contribution in [1.82, 2.24) is 10.6 Å².